The van der Waals surface area contributed by atoms with Crippen LogP contribution in [0.25, 0.3) is 6.08 Å². The van der Waals surface area contributed by atoms with Gasteiger partial charge in [-0.25, -0.2) is 0 Å². The molecule has 0 unspecified atom stereocenters. The molecule has 1 aromatic rings. The molecule has 0 radical (unpaired) electrons. The van der Waals surface area contributed by atoms with E-state index < -0.39 is 0 Å². The van der Waals surface area contributed by atoms with Crippen LogP contribution in [0.3, 0.4) is 0 Å². The van der Waals surface area contributed by atoms with Gasteiger partial charge in [-0.2, -0.15) is 9.98 Å². The Kier molecular flexibility index (Phi) is 4.05. The maximum Gasteiger partial charge on any atom is 0.0813 e. The van der Waals surface area contributed by atoms with E-state index in [2.05, 4.69) is 51.3 Å². The molecule has 4 heteroatoms. The molecular weight excluding hydrogens is 212 g/mol. The quantitative estimate of drug-likeness (QED) is 0.569. The van der Waals surface area contributed by atoms with Crippen LogP contribution in [-0.2, 0) is 0 Å². The van der Waals surface area contributed by atoms with E-state index in [4.69, 9.17) is 0 Å². The van der Waals surface area contributed by atoms with E-state index in [-0.39, 0.29) is 0 Å². The summed E-state index contributed by atoms with van der Waals surface area (Å²) in [6.45, 7) is 3.67. The maximum absolute atomic E-state index is 4.52. The van der Waals surface area contributed by atoms with Gasteiger partial charge in [0.05, 0.1) is 21.7 Å². The van der Waals surface area contributed by atoms with E-state index in [1.807, 2.05) is 0 Å². The molecule has 0 bridgehead atoms. The lowest BCUT2D eigenvalue weighted by molar-refractivity contribution is 1.48. The van der Waals surface area contributed by atoms with E-state index in [1.54, 1.807) is 24.3 Å². The highest BCUT2D eigenvalue weighted by Crippen LogP contribution is 2.25. The van der Waals surface area contributed by atoms with Crippen molar-refractivity contribution < 1.29 is 0 Å². The predicted octanol–water partition coefficient (Wildman–Crippen LogP) is 3.80. The number of nitrogens with zero attached hydrogens (tertiary/aromatic N) is 2. The third-order valence-electron chi connectivity index (χ3n) is 1.57. The number of rotatable bonds is 3. The van der Waals surface area contributed by atoms with Crippen molar-refractivity contribution in [2.24, 2.45) is 9.98 Å². The molecule has 0 saturated heterocycles. The molecule has 0 aliphatic carbocycles. The molecule has 2 nitrogen and oxygen atoms in total. The fraction of sp³-hybridized carbons (Fsp3) is 0. The summed E-state index contributed by atoms with van der Waals surface area (Å²) in [4.78, 5) is 7.73. The molecule has 68 valence electrons. The highest BCUT2D eigenvalue weighted by atomic mass is 32.1. The van der Waals surface area contributed by atoms with Gasteiger partial charge in [0.1, 0.15) is 0 Å². The number of aliphatic imine (C=N–C) groups is 2. The lowest BCUT2D eigenvalue weighted by atomic mass is 10.1. The van der Waals surface area contributed by atoms with Gasteiger partial charge in [0.2, 0.25) is 0 Å². The van der Waals surface area contributed by atoms with Gasteiger partial charge in [-0.15, -0.1) is 0 Å². The Bertz CT molecular complexity index is 453. The van der Waals surface area contributed by atoms with Crippen molar-refractivity contribution in [3.8, 4) is 0 Å². The van der Waals surface area contributed by atoms with E-state index >= 15 is 0 Å². The fourth-order valence-corrected chi connectivity index (χ4v) is 1.18. The van der Waals surface area contributed by atoms with E-state index in [9.17, 15) is 0 Å². The van der Waals surface area contributed by atoms with Crippen LogP contribution in [0.2, 0.25) is 0 Å². The van der Waals surface area contributed by atoms with Gasteiger partial charge in [0.25, 0.3) is 0 Å². The Labute approximate surface area is 92.7 Å². The second kappa shape index (κ2) is 5.32. The molecule has 0 aliphatic rings. The summed E-state index contributed by atoms with van der Waals surface area (Å²) in [7, 11) is 0. The van der Waals surface area contributed by atoms with Gasteiger partial charge in [0.15, 0.2) is 0 Å². The van der Waals surface area contributed by atoms with Crippen LogP contribution in [0, 0.1) is 0 Å². The first-order valence-corrected chi connectivity index (χ1v) is 4.55. The van der Waals surface area contributed by atoms with Crippen molar-refractivity contribution in [2.75, 3.05) is 0 Å². The predicted molar refractivity (Wildman–Crippen MR) is 65.9 cm³/mol. The molecule has 0 spiro atoms. The maximum atomic E-state index is 4.52. The summed E-state index contributed by atoms with van der Waals surface area (Å²) in [6, 6.07) is 5.36. The Balaban J connectivity index is 3.30. The van der Waals surface area contributed by atoms with Crippen LogP contribution in [0.15, 0.2) is 34.8 Å². The van der Waals surface area contributed by atoms with E-state index in [0.29, 0.717) is 0 Å². The van der Waals surface area contributed by atoms with Gasteiger partial charge in [-0.05, 0) is 42.6 Å². The summed E-state index contributed by atoms with van der Waals surface area (Å²) >= 11 is 9.02. The van der Waals surface area contributed by atoms with Crippen LogP contribution < -0.4 is 0 Å². The van der Waals surface area contributed by atoms with Crippen molar-refractivity contribution in [1.29, 1.82) is 0 Å². The average molecular weight is 218 g/mol. The standard InChI is InChI=1S/C10H6N2S2/c1-2-8-5-9(11-6-13)3-4-10(8)12-7-14/h2-5H,1H2. The zero-order valence-electron chi connectivity index (χ0n) is 7.23. The first-order chi connectivity index (χ1) is 6.81. The largest absolute Gasteiger partial charge is 0.195 e. The first-order valence-electron chi connectivity index (χ1n) is 3.74. The fourth-order valence-electron chi connectivity index (χ4n) is 0.979. The van der Waals surface area contributed by atoms with E-state index in [1.165, 1.54) is 0 Å². The molecule has 14 heavy (non-hydrogen) atoms. The number of thiocarbonyl (C=S) groups is 2. The minimum absolute atomic E-state index is 0.721. The minimum Gasteiger partial charge on any atom is -0.195 e. The smallest absolute Gasteiger partial charge is 0.0813 e. The average Bonchev–Trinajstić information content (AvgIpc) is 2.21. The van der Waals surface area contributed by atoms with Gasteiger partial charge >= 0.3 is 0 Å². The normalized spacial score (nSPS) is 8.29. The van der Waals surface area contributed by atoms with Crippen LogP contribution in [0.1, 0.15) is 5.56 Å². The Morgan fingerprint density at radius 3 is 2.50 bits per heavy atom. The Morgan fingerprint density at radius 2 is 1.93 bits per heavy atom. The molecule has 0 saturated carbocycles. The molecule has 0 aromatic heterocycles. The molecule has 0 atom stereocenters. The monoisotopic (exact) mass is 218 g/mol. The van der Waals surface area contributed by atoms with Crippen molar-refractivity contribution in [1.82, 2.24) is 0 Å². The molecule has 1 aromatic carbocycles. The number of hydrogen-bond donors (Lipinski definition) is 0. The van der Waals surface area contributed by atoms with Gasteiger partial charge in [-0.1, -0.05) is 12.7 Å². The summed E-state index contributed by atoms with van der Waals surface area (Å²) in [6.07, 6.45) is 1.67. The van der Waals surface area contributed by atoms with Crippen molar-refractivity contribution >= 4 is 52.2 Å². The third-order valence-corrected chi connectivity index (χ3v) is 1.75. The highest BCUT2D eigenvalue weighted by Gasteiger charge is 1.98. The molecule has 0 aliphatic heterocycles. The Morgan fingerprint density at radius 1 is 1.21 bits per heavy atom. The third kappa shape index (κ3) is 2.52. The van der Waals surface area contributed by atoms with Crippen LogP contribution in [0.4, 0.5) is 11.4 Å². The second-order valence-electron chi connectivity index (χ2n) is 2.35. The first kappa shape index (κ1) is 10.6. The Hall–Kier alpha value is -1.44. The van der Waals surface area contributed by atoms with Crippen LogP contribution in [0.5, 0.6) is 0 Å². The lowest BCUT2D eigenvalue weighted by Crippen LogP contribution is -1.73. The molecular formula is C10H6N2S2. The van der Waals surface area contributed by atoms with Crippen molar-refractivity contribution in [3.63, 3.8) is 0 Å². The topological polar surface area (TPSA) is 24.7 Å². The summed E-state index contributed by atoms with van der Waals surface area (Å²) in [5.74, 6) is 0. The van der Waals surface area contributed by atoms with Crippen molar-refractivity contribution in [2.45, 2.75) is 0 Å². The van der Waals surface area contributed by atoms with Crippen molar-refractivity contribution in [3.05, 3.63) is 30.3 Å². The summed E-state index contributed by atoms with van der Waals surface area (Å²) < 4.78 is 0. The van der Waals surface area contributed by atoms with Gasteiger partial charge in [0, 0.05) is 5.56 Å². The zero-order valence-corrected chi connectivity index (χ0v) is 8.86. The highest BCUT2D eigenvalue weighted by molar-refractivity contribution is 7.78. The zero-order chi connectivity index (χ0) is 10.4. The lowest BCUT2D eigenvalue weighted by Gasteiger charge is -1.99. The van der Waals surface area contributed by atoms with Gasteiger partial charge < -0.3 is 0 Å². The molecule has 0 fully saturated rings. The number of isothiocyanates is 2. The van der Waals surface area contributed by atoms with Crippen LogP contribution >= 0.6 is 24.4 Å². The minimum atomic E-state index is 0.721. The SMILES string of the molecule is C=Cc1cc(N=C=S)ccc1N=C=S. The van der Waals surface area contributed by atoms with E-state index in [0.717, 1.165) is 16.9 Å². The molecule has 1 rings (SSSR count). The number of hydrogen-bond acceptors (Lipinski definition) is 4. The van der Waals surface area contributed by atoms with Crippen LogP contribution in [-0.4, -0.2) is 10.3 Å². The molecule has 0 amide bonds. The number of benzene rings is 1. The summed E-state index contributed by atoms with van der Waals surface area (Å²) in [5.41, 5.74) is 2.28. The summed E-state index contributed by atoms with van der Waals surface area (Å²) in [5, 5.41) is 4.60. The molecule has 0 N–H and O–H groups in total. The second-order valence-corrected chi connectivity index (χ2v) is 2.72. The molecule has 0 heterocycles. The van der Waals surface area contributed by atoms with Gasteiger partial charge in [-0.3, -0.25) is 0 Å².